The summed E-state index contributed by atoms with van der Waals surface area (Å²) in [6.07, 6.45) is 0. The van der Waals surface area contributed by atoms with Crippen molar-refractivity contribution in [2.75, 3.05) is 0 Å². The van der Waals surface area contributed by atoms with Crippen molar-refractivity contribution in [3.05, 3.63) is 59.8 Å². The molecule has 0 amide bonds. The fourth-order valence-electron chi connectivity index (χ4n) is 3.58. The van der Waals surface area contributed by atoms with E-state index in [0.717, 1.165) is 44.5 Å². The third-order valence-corrected chi connectivity index (χ3v) is 4.86. The van der Waals surface area contributed by atoms with Crippen LogP contribution in [0.5, 0.6) is 0 Å². The number of hydrogen-bond acceptors (Lipinski definition) is 3. The molecule has 122 valence electrons. The van der Waals surface area contributed by atoms with Crippen molar-refractivity contribution in [2.24, 2.45) is 7.05 Å². The van der Waals surface area contributed by atoms with Gasteiger partial charge in [-0.2, -0.15) is 0 Å². The first kappa shape index (κ1) is 14.2. The average Bonchev–Trinajstić information content (AvgIpc) is 3.14. The fraction of sp³-hybridized carbons (Fsp3) is 0.143. The van der Waals surface area contributed by atoms with Gasteiger partial charge in [-0.25, -0.2) is 9.97 Å². The van der Waals surface area contributed by atoms with E-state index in [4.69, 9.17) is 9.40 Å². The van der Waals surface area contributed by atoms with E-state index >= 15 is 0 Å². The summed E-state index contributed by atoms with van der Waals surface area (Å²) < 4.78 is 8.30. The predicted octanol–water partition coefficient (Wildman–Crippen LogP) is 5.15. The Balaban J connectivity index is 1.91. The van der Waals surface area contributed by atoms with E-state index in [1.54, 1.807) is 0 Å². The Hall–Kier alpha value is -3.14. The van der Waals surface area contributed by atoms with E-state index in [9.17, 15) is 0 Å². The summed E-state index contributed by atoms with van der Waals surface area (Å²) in [5, 5.41) is 2.17. The first-order valence-corrected chi connectivity index (χ1v) is 8.35. The van der Waals surface area contributed by atoms with Gasteiger partial charge < -0.3 is 8.98 Å². The lowest BCUT2D eigenvalue weighted by atomic mass is 10.0. The van der Waals surface area contributed by atoms with Crippen LogP contribution in [0.3, 0.4) is 0 Å². The normalized spacial score (nSPS) is 11.8. The van der Waals surface area contributed by atoms with Crippen molar-refractivity contribution >= 4 is 33.1 Å². The van der Waals surface area contributed by atoms with E-state index in [2.05, 4.69) is 40.7 Å². The second kappa shape index (κ2) is 4.93. The highest BCUT2D eigenvalue weighted by molar-refractivity contribution is 6.10. The van der Waals surface area contributed by atoms with E-state index in [1.165, 1.54) is 5.56 Å². The number of fused-ring (bicyclic) bond motifs is 4. The van der Waals surface area contributed by atoms with Crippen LogP contribution in [0.1, 0.15) is 11.3 Å². The van der Waals surface area contributed by atoms with Crippen LogP contribution in [0.15, 0.2) is 52.9 Å². The van der Waals surface area contributed by atoms with Crippen molar-refractivity contribution in [1.29, 1.82) is 0 Å². The molecule has 2 aromatic carbocycles. The Labute approximate surface area is 144 Å². The number of aryl methyl sites for hydroxylation is 3. The third kappa shape index (κ3) is 1.94. The van der Waals surface area contributed by atoms with E-state index in [-0.39, 0.29) is 0 Å². The van der Waals surface area contributed by atoms with Crippen LogP contribution < -0.4 is 0 Å². The van der Waals surface area contributed by atoms with E-state index in [0.29, 0.717) is 5.71 Å². The number of imidazole rings is 1. The highest BCUT2D eigenvalue weighted by atomic mass is 16.3. The van der Waals surface area contributed by atoms with Gasteiger partial charge in [-0.3, -0.25) is 0 Å². The molecule has 0 spiro atoms. The Kier molecular flexibility index (Phi) is 2.80. The van der Waals surface area contributed by atoms with Gasteiger partial charge in [0.1, 0.15) is 11.4 Å². The summed E-state index contributed by atoms with van der Waals surface area (Å²) in [5.41, 5.74) is 6.76. The second-order valence-corrected chi connectivity index (χ2v) is 6.52. The number of furan rings is 1. The van der Waals surface area contributed by atoms with Crippen LogP contribution in [0.2, 0.25) is 0 Å². The number of para-hydroxylation sites is 2. The number of rotatable bonds is 1. The lowest BCUT2D eigenvalue weighted by Crippen LogP contribution is -1.93. The van der Waals surface area contributed by atoms with Crippen LogP contribution in [-0.2, 0) is 7.05 Å². The van der Waals surface area contributed by atoms with Crippen molar-refractivity contribution in [2.45, 2.75) is 13.8 Å². The van der Waals surface area contributed by atoms with Gasteiger partial charge in [0.2, 0.25) is 5.71 Å². The van der Waals surface area contributed by atoms with Crippen LogP contribution >= 0.6 is 0 Å². The highest BCUT2D eigenvalue weighted by Gasteiger charge is 2.18. The van der Waals surface area contributed by atoms with Gasteiger partial charge in [-0.15, -0.1) is 0 Å². The molecule has 5 aromatic rings. The van der Waals surface area contributed by atoms with Gasteiger partial charge in [0, 0.05) is 23.5 Å². The minimum Gasteiger partial charge on any atom is -0.437 e. The molecule has 0 atom stereocenters. The zero-order valence-electron chi connectivity index (χ0n) is 14.4. The maximum atomic E-state index is 6.19. The number of aromatic nitrogens is 3. The number of nitrogens with zero attached hydrogens (tertiary/aromatic N) is 3. The SMILES string of the molecule is Cc1ccc2c(n1)oc1c(-c3nc4ccccc4n3C)ccc(C)c12. The van der Waals surface area contributed by atoms with Gasteiger partial charge in [0.05, 0.1) is 16.6 Å². The summed E-state index contributed by atoms with van der Waals surface area (Å²) in [6.45, 7) is 4.09. The van der Waals surface area contributed by atoms with Crippen molar-refractivity contribution in [1.82, 2.24) is 14.5 Å². The van der Waals surface area contributed by atoms with Gasteiger partial charge >= 0.3 is 0 Å². The molecule has 0 unspecified atom stereocenters. The van der Waals surface area contributed by atoms with Gasteiger partial charge in [0.15, 0.2) is 0 Å². The smallest absolute Gasteiger partial charge is 0.227 e. The summed E-state index contributed by atoms with van der Waals surface area (Å²) in [7, 11) is 2.04. The van der Waals surface area contributed by atoms with Gasteiger partial charge in [-0.1, -0.05) is 18.2 Å². The highest BCUT2D eigenvalue weighted by Crippen LogP contribution is 2.37. The zero-order chi connectivity index (χ0) is 17.1. The molecule has 4 nitrogen and oxygen atoms in total. The van der Waals surface area contributed by atoms with Crippen molar-refractivity contribution in [3.8, 4) is 11.4 Å². The molecular weight excluding hydrogens is 310 g/mol. The Morgan fingerprint density at radius 3 is 2.60 bits per heavy atom. The molecule has 0 aliphatic heterocycles. The molecule has 0 saturated carbocycles. The minimum atomic E-state index is 0.685. The summed E-state index contributed by atoms with van der Waals surface area (Å²) in [5.74, 6) is 0.905. The maximum Gasteiger partial charge on any atom is 0.227 e. The van der Waals surface area contributed by atoms with E-state index in [1.807, 2.05) is 38.2 Å². The van der Waals surface area contributed by atoms with Crippen LogP contribution in [0.4, 0.5) is 0 Å². The van der Waals surface area contributed by atoms with Crippen molar-refractivity contribution < 1.29 is 4.42 Å². The quantitative estimate of drug-likeness (QED) is 0.427. The molecule has 0 fully saturated rings. The molecule has 0 aliphatic carbocycles. The molecule has 0 aliphatic rings. The van der Waals surface area contributed by atoms with E-state index < -0.39 is 0 Å². The molecule has 0 N–H and O–H groups in total. The summed E-state index contributed by atoms with van der Waals surface area (Å²) in [6, 6.07) is 16.5. The molecule has 0 saturated heterocycles. The van der Waals surface area contributed by atoms with Crippen LogP contribution in [0, 0.1) is 13.8 Å². The first-order valence-electron chi connectivity index (χ1n) is 8.35. The molecule has 25 heavy (non-hydrogen) atoms. The third-order valence-electron chi connectivity index (χ3n) is 4.86. The maximum absolute atomic E-state index is 6.19. The number of hydrogen-bond donors (Lipinski definition) is 0. The molecule has 0 radical (unpaired) electrons. The Bertz CT molecular complexity index is 1280. The lowest BCUT2D eigenvalue weighted by Gasteiger charge is -2.05. The standard InChI is InChI=1S/C21H17N3O/c1-12-8-10-15(20-23-16-6-4-5-7-17(16)24(20)3)19-18(12)14-11-9-13(2)22-21(14)25-19/h4-11H,1-3H3. The van der Waals surface area contributed by atoms with Crippen LogP contribution in [0.25, 0.3) is 44.5 Å². The zero-order valence-corrected chi connectivity index (χ0v) is 14.4. The Morgan fingerprint density at radius 1 is 0.920 bits per heavy atom. The number of pyridine rings is 1. The van der Waals surface area contributed by atoms with Crippen LogP contribution in [-0.4, -0.2) is 14.5 Å². The lowest BCUT2D eigenvalue weighted by molar-refractivity contribution is 0.653. The summed E-state index contributed by atoms with van der Waals surface area (Å²) >= 11 is 0. The van der Waals surface area contributed by atoms with Gasteiger partial charge in [0.25, 0.3) is 0 Å². The van der Waals surface area contributed by atoms with Crippen molar-refractivity contribution in [3.63, 3.8) is 0 Å². The second-order valence-electron chi connectivity index (χ2n) is 6.52. The van der Waals surface area contributed by atoms with Gasteiger partial charge in [-0.05, 0) is 49.7 Å². The number of benzene rings is 2. The first-order chi connectivity index (χ1) is 12.1. The predicted molar refractivity (Wildman–Crippen MR) is 101 cm³/mol. The monoisotopic (exact) mass is 327 g/mol. The molecular formula is C21H17N3O. The minimum absolute atomic E-state index is 0.685. The largest absolute Gasteiger partial charge is 0.437 e. The Morgan fingerprint density at radius 2 is 1.76 bits per heavy atom. The summed E-state index contributed by atoms with van der Waals surface area (Å²) in [4.78, 5) is 9.39. The molecule has 4 heteroatoms. The molecule has 5 rings (SSSR count). The average molecular weight is 327 g/mol. The molecule has 0 bridgehead atoms. The molecule has 3 aromatic heterocycles. The topological polar surface area (TPSA) is 43.9 Å². The fourth-order valence-corrected chi connectivity index (χ4v) is 3.58. The molecule has 3 heterocycles.